The van der Waals surface area contributed by atoms with E-state index in [4.69, 9.17) is 0 Å². The summed E-state index contributed by atoms with van der Waals surface area (Å²) in [6.45, 7) is 4.69. The van der Waals surface area contributed by atoms with Crippen molar-refractivity contribution in [1.82, 2.24) is 14.9 Å². The highest BCUT2D eigenvalue weighted by molar-refractivity contribution is 5.90. The quantitative estimate of drug-likeness (QED) is 0.599. The highest BCUT2D eigenvalue weighted by atomic mass is 16.1. The normalized spacial score (nSPS) is 18.1. The van der Waals surface area contributed by atoms with Gasteiger partial charge in [0.05, 0.1) is 22.4 Å². The smallest absolute Gasteiger partial charge is 0.326 e. The number of anilines is 3. The first kappa shape index (κ1) is 19.2. The Morgan fingerprint density at radius 2 is 1.77 bits per heavy atom. The number of hydrogen-bond donors (Lipinski definition) is 3. The molecule has 158 valence electrons. The monoisotopic (exact) mass is 405 g/mol. The summed E-state index contributed by atoms with van der Waals surface area (Å²) >= 11 is 0. The fourth-order valence-corrected chi connectivity index (χ4v) is 4.95. The van der Waals surface area contributed by atoms with E-state index >= 15 is 0 Å². The lowest BCUT2D eigenvalue weighted by atomic mass is 9.89. The lowest BCUT2D eigenvalue weighted by Gasteiger charge is -2.31. The molecule has 2 fully saturated rings. The van der Waals surface area contributed by atoms with Crippen LogP contribution in [0.4, 0.5) is 17.1 Å². The number of hydrogen-bond acceptors (Lipinski definition) is 4. The molecule has 0 amide bonds. The molecule has 0 spiro atoms. The number of H-pyrrole nitrogens is 1. The molecular weight excluding hydrogens is 374 g/mol. The van der Waals surface area contributed by atoms with Crippen molar-refractivity contribution in [1.29, 1.82) is 0 Å². The maximum Gasteiger partial charge on any atom is 0.326 e. The van der Waals surface area contributed by atoms with Crippen molar-refractivity contribution in [3.8, 4) is 0 Å². The maximum absolute atomic E-state index is 12.8. The van der Waals surface area contributed by atoms with Crippen LogP contribution >= 0.6 is 0 Å². The third kappa shape index (κ3) is 3.97. The number of benzene rings is 2. The van der Waals surface area contributed by atoms with Crippen molar-refractivity contribution in [2.24, 2.45) is 5.92 Å². The minimum Gasteiger partial charge on any atom is -0.367 e. The number of para-hydroxylation sites is 1. The average molecular weight is 406 g/mol. The molecule has 0 radical (unpaired) electrons. The summed E-state index contributed by atoms with van der Waals surface area (Å²) in [6, 6.07) is 14.6. The molecule has 1 saturated heterocycles. The Labute approximate surface area is 177 Å². The maximum atomic E-state index is 12.8. The predicted molar refractivity (Wildman–Crippen MR) is 124 cm³/mol. The van der Waals surface area contributed by atoms with Crippen molar-refractivity contribution in [2.45, 2.75) is 38.6 Å². The number of imidazole rings is 1. The van der Waals surface area contributed by atoms with Gasteiger partial charge in [0.25, 0.3) is 0 Å². The molecule has 0 bridgehead atoms. The van der Waals surface area contributed by atoms with Crippen LogP contribution < -0.4 is 21.2 Å². The molecule has 3 N–H and O–H groups in total. The molecule has 0 atom stereocenters. The Hall–Kier alpha value is -2.73. The van der Waals surface area contributed by atoms with Gasteiger partial charge in [0.15, 0.2) is 0 Å². The highest BCUT2D eigenvalue weighted by Crippen LogP contribution is 2.34. The predicted octanol–water partition coefficient (Wildman–Crippen LogP) is 4.06. The summed E-state index contributed by atoms with van der Waals surface area (Å²) in [7, 11) is 0. The number of nitrogens with zero attached hydrogens (tertiary/aromatic N) is 2. The molecule has 2 heterocycles. The largest absolute Gasteiger partial charge is 0.367 e. The zero-order chi connectivity index (χ0) is 20.3. The number of aromatic amines is 1. The molecule has 2 aromatic carbocycles. The van der Waals surface area contributed by atoms with E-state index in [1.165, 1.54) is 32.1 Å². The van der Waals surface area contributed by atoms with Gasteiger partial charge in [-0.25, -0.2) is 4.79 Å². The Morgan fingerprint density at radius 3 is 2.53 bits per heavy atom. The second-order valence-electron chi connectivity index (χ2n) is 8.66. The lowest BCUT2D eigenvalue weighted by Crippen LogP contribution is -2.43. The molecular formula is C24H31N5O. The van der Waals surface area contributed by atoms with Crippen molar-refractivity contribution in [3.63, 3.8) is 0 Å². The summed E-state index contributed by atoms with van der Waals surface area (Å²) in [5.41, 5.74) is 5.22. The molecule has 1 saturated carbocycles. The van der Waals surface area contributed by atoms with Crippen LogP contribution in [-0.4, -0.2) is 35.7 Å². The Kier molecular flexibility index (Phi) is 5.49. The first-order valence-electron chi connectivity index (χ1n) is 11.3. The van der Waals surface area contributed by atoms with Gasteiger partial charge in [-0.1, -0.05) is 37.5 Å². The fourth-order valence-electron chi connectivity index (χ4n) is 4.95. The number of rotatable bonds is 5. The first-order valence-corrected chi connectivity index (χ1v) is 11.3. The van der Waals surface area contributed by atoms with E-state index in [-0.39, 0.29) is 5.69 Å². The number of fused-ring (bicyclic) bond motifs is 1. The molecule has 1 aromatic heterocycles. The first-order chi connectivity index (χ1) is 14.8. The van der Waals surface area contributed by atoms with E-state index in [0.717, 1.165) is 60.8 Å². The SMILES string of the molecule is O=c1[nH]c2cc(N3CCNCC3)c(Nc3ccccc3)cc2n1CC1CCCCC1. The second kappa shape index (κ2) is 8.56. The molecule has 30 heavy (non-hydrogen) atoms. The van der Waals surface area contributed by atoms with E-state index in [1.54, 1.807) is 0 Å². The zero-order valence-corrected chi connectivity index (χ0v) is 17.5. The standard InChI is InChI=1S/C24H31N5O/c30-24-27-21-15-22(28-13-11-25-12-14-28)20(26-19-9-5-2-6-10-19)16-23(21)29(24)17-18-7-3-1-4-8-18/h2,5-6,9-10,15-16,18,25-26H,1,3-4,7-8,11-14,17H2,(H,27,30). The van der Waals surface area contributed by atoms with Gasteiger partial charge >= 0.3 is 5.69 Å². The van der Waals surface area contributed by atoms with Crippen LogP contribution in [0.1, 0.15) is 32.1 Å². The minimum absolute atomic E-state index is 0.0127. The molecule has 1 aliphatic heterocycles. The second-order valence-corrected chi connectivity index (χ2v) is 8.66. The molecule has 0 unspecified atom stereocenters. The number of piperazine rings is 1. The molecule has 1 aliphatic carbocycles. The molecule has 5 rings (SSSR count). The zero-order valence-electron chi connectivity index (χ0n) is 17.5. The van der Waals surface area contributed by atoms with Gasteiger partial charge in [-0.15, -0.1) is 0 Å². The topological polar surface area (TPSA) is 65.1 Å². The lowest BCUT2D eigenvalue weighted by molar-refractivity contribution is 0.319. The van der Waals surface area contributed by atoms with Crippen LogP contribution in [0.15, 0.2) is 47.3 Å². The molecule has 2 aliphatic rings. The van der Waals surface area contributed by atoms with Crippen LogP contribution in [-0.2, 0) is 6.54 Å². The van der Waals surface area contributed by atoms with Crippen LogP contribution in [0.2, 0.25) is 0 Å². The van der Waals surface area contributed by atoms with Crippen LogP contribution in [0, 0.1) is 5.92 Å². The molecule has 6 heteroatoms. The van der Waals surface area contributed by atoms with Crippen molar-refractivity contribution in [3.05, 3.63) is 52.9 Å². The number of nitrogens with one attached hydrogen (secondary N) is 3. The van der Waals surface area contributed by atoms with Gasteiger partial charge in [0, 0.05) is 38.4 Å². The van der Waals surface area contributed by atoms with Gasteiger partial charge < -0.3 is 20.5 Å². The van der Waals surface area contributed by atoms with Gasteiger partial charge in [0.2, 0.25) is 0 Å². The third-order valence-electron chi connectivity index (χ3n) is 6.57. The number of aromatic nitrogens is 2. The van der Waals surface area contributed by atoms with Crippen LogP contribution in [0.3, 0.4) is 0 Å². The molecule has 6 nitrogen and oxygen atoms in total. The van der Waals surface area contributed by atoms with E-state index < -0.39 is 0 Å². The van der Waals surface area contributed by atoms with E-state index in [0.29, 0.717) is 5.92 Å². The molecule has 3 aromatic rings. The van der Waals surface area contributed by atoms with Gasteiger partial charge in [-0.3, -0.25) is 4.57 Å². The third-order valence-corrected chi connectivity index (χ3v) is 6.57. The summed E-state index contributed by atoms with van der Waals surface area (Å²) in [5, 5.41) is 7.04. The van der Waals surface area contributed by atoms with E-state index in [9.17, 15) is 4.79 Å². The van der Waals surface area contributed by atoms with E-state index in [1.807, 2.05) is 22.8 Å². The van der Waals surface area contributed by atoms with Gasteiger partial charge in [0.1, 0.15) is 0 Å². The average Bonchev–Trinajstić information content (AvgIpc) is 3.09. The minimum atomic E-state index is 0.0127. The van der Waals surface area contributed by atoms with Crippen LogP contribution in [0.5, 0.6) is 0 Å². The van der Waals surface area contributed by atoms with Crippen molar-refractivity contribution < 1.29 is 0 Å². The summed E-state index contributed by atoms with van der Waals surface area (Å²) in [6.07, 6.45) is 6.37. The van der Waals surface area contributed by atoms with Crippen LogP contribution in [0.25, 0.3) is 11.0 Å². The Morgan fingerprint density at radius 1 is 1.00 bits per heavy atom. The summed E-state index contributed by atoms with van der Waals surface area (Å²) < 4.78 is 1.96. The van der Waals surface area contributed by atoms with Crippen molar-refractivity contribution >= 4 is 28.1 Å². The van der Waals surface area contributed by atoms with Crippen molar-refractivity contribution in [2.75, 3.05) is 36.4 Å². The summed E-state index contributed by atoms with van der Waals surface area (Å²) in [4.78, 5) is 18.4. The van der Waals surface area contributed by atoms with E-state index in [2.05, 4.69) is 44.8 Å². The Bertz CT molecular complexity index is 1040. The van der Waals surface area contributed by atoms with Gasteiger partial charge in [-0.05, 0) is 43.0 Å². The summed E-state index contributed by atoms with van der Waals surface area (Å²) in [5.74, 6) is 0.605. The highest BCUT2D eigenvalue weighted by Gasteiger charge is 2.20. The fraction of sp³-hybridized carbons (Fsp3) is 0.458. The Balaban J connectivity index is 1.56. The van der Waals surface area contributed by atoms with Gasteiger partial charge in [-0.2, -0.15) is 0 Å².